The second-order valence-electron chi connectivity index (χ2n) is 21.1. The average molecular weight is 779 g/mol. The first kappa shape index (κ1) is 44.6. The Balaban J connectivity index is 1.21. The molecule has 0 saturated carbocycles. The number of aromatic hydroxyl groups is 1. The molecule has 0 aromatic heterocycles. The predicted octanol–water partition coefficient (Wildman–Crippen LogP) is 15.0. The number of hydrogen-bond donors (Lipinski definition) is 2. The van der Waals surface area contributed by atoms with Crippen molar-refractivity contribution in [1.82, 2.24) is 0 Å². The second kappa shape index (κ2) is 18.6. The summed E-state index contributed by atoms with van der Waals surface area (Å²) in [6, 6.07) is 40.7. The number of nitrogens with zero attached hydrogens (tertiary/aromatic N) is 1. The van der Waals surface area contributed by atoms with E-state index in [1.807, 2.05) is 0 Å². The standard InChI is InChI=1S/C55H74N2O/c1-38(2)30-40(4)57(37-46-34-47(54(8,9)10)35-51(52(46)58)55(11,12)13)50-28-22-45(23-29-50)33-44-20-26-49(27-21-44)56-48-24-18-43(19-25-48)32-42-16-14-41(15-17-42)31-39(3)36-53(5,6)7/h14-29,34-35,38-40,56,58H,30-33,36-37H2,1-13H3. The first-order chi connectivity index (χ1) is 27.1. The molecule has 0 aliphatic heterocycles. The van der Waals surface area contributed by atoms with Crippen molar-refractivity contribution in [3.05, 3.63) is 154 Å². The van der Waals surface area contributed by atoms with Crippen LogP contribution in [0.5, 0.6) is 5.75 Å². The minimum atomic E-state index is -0.158. The van der Waals surface area contributed by atoms with E-state index < -0.39 is 0 Å². The van der Waals surface area contributed by atoms with Gasteiger partial charge in [0.15, 0.2) is 0 Å². The molecule has 0 aliphatic rings. The molecule has 0 amide bonds. The molecule has 2 N–H and O–H groups in total. The summed E-state index contributed by atoms with van der Waals surface area (Å²) in [7, 11) is 0. The summed E-state index contributed by atoms with van der Waals surface area (Å²) in [6.07, 6.45) is 5.27. The molecule has 0 heterocycles. The van der Waals surface area contributed by atoms with Gasteiger partial charge < -0.3 is 15.3 Å². The van der Waals surface area contributed by atoms with Crippen molar-refractivity contribution in [2.45, 2.75) is 146 Å². The number of benzene rings is 5. The smallest absolute Gasteiger partial charge is 0.124 e. The summed E-state index contributed by atoms with van der Waals surface area (Å²) in [5.41, 5.74) is 13.5. The van der Waals surface area contributed by atoms with Gasteiger partial charge in [-0.25, -0.2) is 0 Å². The van der Waals surface area contributed by atoms with Crippen molar-refractivity contribution in [2.75, 3.05) is 10.2 Å². The zero-order valence-corrected chi connectivity index (χ0v) is 38.3. The van der Waals surface area contributed by atoms with Crippen LogP contribution in [-0.4, -0.2) is 11.1 Å². The largest absolute Gasteiger partial charge is 0.507 e. The molecule has 310 valence electrons. The van der Waals surface area contributed by atoms with Crippen LogP contribution in [-0.2, 0) is 36.6 Å². The Morgan fingerprint density at radius 2 is 1.02 bits per heavy atom. The molecular weight excluding hydrogens is 705 g/mol. The van der Waals surface area contributed by atoms with Crippen molar-refractivity contribution in [3.8, 4) is 5.75 Å². The van der Waals surface area contributed by atoms with Crippen LogP contribution in [0.25, 0.3) is 0 Å². The highest BCUT2D eigenvalue weighted by atomic mass is 16.3. The topological polar surface area (TPSA) is 35.5 Å². The Morgan fingerprint density at radius 1 is 0.569 bits per heavy atom. The lowest BCUT2D eigenvalue weighted by atomic mass is 9.79. The van der Waals surface area contributed by atoms with Gasteiger partial charge in [0.25, 0.3) is 0 Å². The number of nitrogens with one attached hydrogen (secondary N) is 1. The number of rotatable bonds is 15. The Labute approximate surface area is 353 Å². The van der Waals surface area contributed by atoms with E-state index in [2.05, 4.69) is 209 Å². The van der Waals surface area contributed by atoms with Crippen LogP contribution in [0.2, 0.25) is 0 Å². The highest BCUT2D eigenvalue weighted by Crippen LogP contribution is 2.39. The number of phenols is 1. The van der Waals surface area contributed by atoms with E-state index in [1.165, 1.54) is 45.5 Å². The molecule has 0 saturated heterocycles. The zero-order valence-electron chi connectivity index (χ0n) is 38.3. The van der Waals surface area contributed by atoms with E-state index >= 15 is 0 Å². The van der Waals surface area contributed by atoms with Gasteiger partial charge in [-0.2, -0.15) is 0 Å². The van der Waals surface area contributed by atoms with E-state index in [9.17, 15) is 5.11 Å². The van der Waals surface area contributed by atoms with Crippen LogP contribution in [0.3, 0.4) is 0 Å². The van der Waals surface area contributed by atoms with Crippen molar-refractivity contribution in [3.63, 3.8) is 0 Å². The SMILES string of the molecule is CC(C)CC(C)N(Cc1cc(C(C)(C)C)cc(C(C)(C)C)c1O)c1ccc(Cc2ccc(Nc3ccc(Cc4ccc(CC(C)CC(C)(C)C)cc4)cc3)cc2)cc1. The molecule has 5 rings (SSSR count). The van der Waals surface area contributed by atoms with Gasteiger partial charge in [-0.3, -0.25) is 0 Å². The molecule has 0 aliphatic carbocycles. The van der Waals surface area contributed by atoms with Gasteiger partial charge in [0, 0.05) is 35.2 Å². The molecule has 3 heteroatoms. The van der Waals surface area contributed by atoms with E-state index in [1.54, 1.807) is 0 Å². The van der Waals surface area contributed by atoms with Crippen LogP contribution in [0, 0.1) is 17.3 Å². The van der Waals surface area contributed by atoms with Crippen LogP contribution in [0.15, 0.2) is 109 Å². The van der Waals surface area contributed by atoms with Crippen LogP contribution in [0.1, 0.15) is 147 Å². The highest BCUT2D eigenvalue weighted by Gasteiger charge is 2.27. The molecule has 58 heavy (non-hydrogen) atoms. The van der Waals surface area contributed by atoms with E-state index in [0.29, 0.717) is 35.6 Å². The normalized spacial score (nSPS) is 13.4. The lowest BCUT2D eigenvalue weighted by Gasteiger charge is -2.34. The third-order valence-corrected chi connectivity index (χ3v) is 11.4. The lowest BCUT2D eigenvalue weighted by molar-refractivity contribution is 0.306. The van der Waals surface area contributed by atoms with Crippen LogP contribution in [0.4, 0.5) is 17.1 Å². The molecular formula is C55H74N2O. The minimum Gasteiger partial charge on any atom is -0.507 e. The Kier molecular flexibility index (Phi) is 14.3. The maximum atomic E-state index is 11.7. The van der Waals surface area contributed by atoms with Gasteiger partial charge in [-0.1, -0.05) is 150 Å². The van der Waals surface area contributed by atoms with Crippen LogP contribution < -0.4 is 10.2 Å². The maximum absolute atomic E-state index is 11.7. The average Bonchev–Trinajstić information content (AvgIpc) is 3.12. The molecule has 0 bridgehead atoms. The Bertz CT molecular complexity index is 2040. The summed E-state index contributed by atoms with van der Waals surface area (Å²) < 4.78 is 0. The van der Waals surface area contributed by atoms with Crippen molar-refractivity contribution >= 4 is 17.1 Å². The quantitative estimate of drug-likeness (QED) is 0.111. The minimum absolute atomic E-state index is 0.0166. The van der Waals surface area contributed by atoms with Gasteiger partial charge in [0.05, 0.1) is 0 Å². The van der Waals surface area contributed by atoms with Crippen molar-refractivity contribution < 1.29 is 5.11 Å². The third kappa shape index (κ3) is 13.0. The summed E-state index contributed by atoms with van der Waals surface area (Å²) in [5.74, 6) is 1.69. The predicted molar refractivity (Wildman–Crippen MR) is 252 cm³/mol. The number of anilines is 3. The summed E-state index contributed by atoms with van der Waals surface area (Å²) >= 11 is 0. The first-order valence-electron chi connectivity index (χ1n) is 21.9. The maximum Gasteiger partial charge on any atom is 0.124 e. The molecule has 0 spiro atoms. The first-order valence-corrected chi connectivity index (χ1v) is 21.9. The molecule has 0 fully saturated rings. The van der Waals surface area contributed by atoms with Gasteiger partial charge in [0.1, 0.15) is 5.75 Å². The number of phenolic OH excluding ortho intramolecular Hbond substituents is 1. The Hall–Kier alpha value is -4.50. The Morgan fingerprint density at radius 3 is 1.45 bits per heavy atom. The molecule has 3 nitrogen and oxygen atoms in total. The van der Waals surface area contributed by atoms with Gasteiger partial charge >= 0.3 is 0 Å². The third-order valence-electron chi connectivity index (χ3n) is 11.4. The fourth-order valence-electron chi connectivity index (χ4n) is 8.48. The fourth-order valence-corrected chi connectivity index (χ4v) is 8.48. The fraction of sp³-hybridized carbons (Fsp3) is 0.455. The monoisotopic (exact) mass is 779 g/mol. The van der Waals surface area contributed by atoms with Crippen LogP contribution >= 0.6 is 0 Å². The molecule has 5 aromatic rings. The molecule has 2 atom stereocenters. The van der Waals surface area contributed by atoms with E-state index in [0.717, 1.165) is 48.2 Å². The van der Waals surface area contributed by atoms with Crippen molar-refractivity contribution in [1.29, 1.82) is 0 Å². The summed E-state index contributed by atoms with van der Waals surface area (Å²) in [6.45, 7) is 30.3. The molecule has 2 unspecified atom stereocenters. The highest BCUT2D eigenvalue weighted by molar-refractivity contribution is 5.60. The van der Waals surface area contributed by atoms with Crippen molar-refractivity contribution in [2.24, 2.45) is 17.3 Å². The second-order valence-corrected chi connectivity index (χ2v) is 21.1. The van der Waals surface area contributed by atoms with Gasteiger partial charge in [-0.15, -0.1) is 0 Å². The summed E-state index contributed by atoms with van der Waals surface area (Å²) in [4.78, 5) is 2.48. The van der Waals surface area contributed by atoms with E-state index in [4.69, 9.17) is 0 Å². The number of hydrogen-bond acceptors (Lipinski definition) is 3. The van der Waals surface area contributed by atoms with Gasteiger partial charge in [-0.05, 0) is 149 Å². The molecule has 0 radical (unpaired) electrons. The summed E-state index contributed by atoms with van der Waals surface area (Å²) in [5, 5.41) is 15.3. The zero-order chi connectivity index (χ0) is 42.4. The van der Waals surface area contributed by atoms with Gasteiger partial charge in [0.2, 0.25) is 0 Å². The molecule has 5 aromatic carbocycles. The lowest BCUT2D eigenvalue weighted by Crippen LogP contribution is -2.34. The van der Waals surface area contributed by atoms with E-state index in [-0.39, 0.29) is 10.8 Å².